The van der Waals surface area contributed by atoms with Gasteiger partial charge < -0.3 is 5.32 Å². The van der Waals surface area contributed by atoms with Crippen molar-refractivity contribution in [3.05, 3.63) is 23.1 Å². The summed E-state index contributed by atoms with van der Waals surface area (Å²) in [5, 5.41) is 2.79. The van der Waals surface area contributed by atoms with E-state index in [0.717, 1.165) is 0 Å². The van der Waals surface area contributed by atoms with Gasteiger partial charge in [0.05, 0.1) is 10.6 Å². The zero-order valence-corrected chi connectivity index (χ0v) is 14.0. The standard InChI is InChI=1S/C11H9Cl2N3O3S2/c1-5-9(20-11(15-5)16-6(2)17)7-3-8(21(13,18)19)10(12)14-4-7/h3-4H,1-2H3,(H,15,16,17). The fourth-order valence-corrected chi connectivity index (χ4v) is 3.99. The Kier molecular flexibility index (Phi) is 4.52. The van der Waals surface area contributed by atoms with E-state index in [0.29, 0.717) is 21.3 Å². The fraction of sp³-hybridized carbons (Fsp3) is 0.182. The van der Waals surface area contributed by atoms with Crippen LogP contribution in [0.15, 0.2) is 17.2 Å². The van der Waals surface area contributed by atoms with Crippen molar-refractivity contribution in [3.63, 3.8) is 0 Å². The summed E-state index contributed by atoms with van der Waals surface area (Å²) in [5.41, 5.74) is 1.14. The molecule has 2 rings (SSSR count). The average Bonchev–Trinajstić information content (AvgIpc) is 2.68. The van der Waals surface area contributed by atoms with Crippen LogP contribution in [0.5, 0.6) is 0 Å². The molecule has 0 spiro atoms. The van der Waals surface area contributed by atoms with E-state index in [9.17, 15) is 13.2 Å². The first-order chi connectivity index (χ1) is 9.68. The lowest BCUT2D eigenvalue weighted by Gasteiger charge is -2.03. The number of amides is 1. The summed E-state index contributed by atoms with van der Waals surface area (Å²) in [4.78, 5) is 19.4. The Morgan fingerprint density at radius 3 is 2.67 bits per heavy atom. The summed E-state index contributed by atoms with van der Waals surface area (Å²) in [6.07, 6.45) is 1.42. The molecule has 0 bridgehead atoms. The van der Waals surface area contributed by atoms with Gasteiger partial charge in [0, 0.05) is 29.4 Å². The minimum atomic E-state index is -4.00. The molecule has 1 N–H and O–H groups in total. The van der Waals surface area contributed by atoms with Gasteiger partial charge in [0.2, 0.25) is 5.91 Å². The number of nitrogens with one attached hydrogen (secondary N) is 1. The smallest absolute Gasteiger partial charge is 0.264 e. The second-order valence-electron chi connectivity index (χ2n) is 4.07. The van der Waals surface area contributed by atoms with Gasteiger partial charge in [-0.3, -0.25) is 4.79 Å². The highest BCUT2D eigenvalue weighted by atomic mass is 35.7. The van der Waals surface area contributed by atoms with E-state index in [-0.39, 0.29) is 16.0 Å². The zero-order chi connectivity index (χ0) is 15.8. The van der Waals surface area contributed by atoms with Gasteiger partial charge in [0.15, 0.2) is 5.13 Å². The fourth-order valence-electron chi connectivity index (χ4n) is 1.59. The summed E-state index contributed by atoms with van der Waals surface area (Å²) >= 11 is 6.94. The Morgan fingerprint density at radius 1 is 1.43 bits per heavy atom. The molecule has 2 aromatic rings. The molecule has 0 fully saturated rings. The molecular weight excluding hydrogens is 357 g/mol. The van der Waals surface area contributed by atoms with Crippen molar-refractivity contribution in [2.75, 3.05) is 5.32 Å². The van der Waals surface area contributed by atoms with Crippen LogP contribution in [0.4, 0.5) is 5.13 Å². The van der Waals surface area contributed by atoms with E-state index < -0.39 is 9.05 Å². The molecule has 0 aliphatic heterocycles. The number of hydrogen-bond acceptors (Lipinski definition) is 6. The third kappa shape index (κ3) is 3.70. The molecule has 2 heterocycles. The van der Waals surface area contributed by atoms with Gasteiger partial charge in [-0.05, 0) is 13.0 Å². The summed E-state index contributed by atoms with van der Waals surface area (Å²) in [5.74, 6) is -0.242. The second kappa shape index (κ2) is 5.88. The van der Waals surface area contributed by atoms with Gasteiger partial charge in [0.1, 0.15) is 10.0 Å². The Labute approximate surface area is 134 Å². The van der Waals surface area contributed by atoms with E-state index in [1.54, 1.807) is 6.92 Å². The molecule has 21 heavy (non-hydrogen) atoms. The van der Waals surface area contributed by atoms with E-state index >= 15 is 0 Å². The van der Waals surface area contributed by atoms with Gasteiger partial charge in [-0.15, -0.1) is 0 Å². The molecule has 10 heteroatoms. The van der Waals surface area contributed by atoms with Crippen LogP contribution in [-0.4, -0.2) is 24.3 Å². The van der Waals surface area contributed by atoms with Crippen molar-refractivity contribution >= 4 is 53.7 Å². The van der Waals surface area contributed by atoms with Gasteiger partial charge >= 0.3 is 0 Å². The maximum absolute atomic E-state index is 11.4. The molecule has 0 aromatic carbocycles. The summed E-state index contributed by atoms with van der Waals surface area (Å²) < 4.78 is 22.9. The van der Waals surface area contributed by atoms with Crippen molar-refractivity contribution in [2.45, 2.75) is 18.7 Å². The summed E-state index contributed by atoms with van der Waals surface area (Å²) in [7, 11) is 1.32. The van der Waals surface area contributed by atoms with Crippen LogP contribution in [0.1, 0.15) is 12.6 Å². The van der Waals surface area contributed by atoms with Gasteiger partial charge in [-0.25, -0.2) is 18.4 Å². The molecular formula is C11H9Cl2N3O3S2. The minimum Gasteiger partial charge on any atom is -0.302 e. The van der Waals surface area contributed by atoms with Gasteiger partial charge in [-0.2, -0.15) is 0 Å². The molecule has 0 radical (unpaired) electrons. The molecule has 2 aromatic heterocycles. The van der Waals surface area contributed by atoms with Crippen molar-refractivity contribution < 1.29 is 13.2 Å². The predicted molar refractivity (Wildman–Crippen MR) is 82.4 cm³/mol. The minimum absolute atomic E-state index is 0.196. The second-order valence-corrected chi connectivity index (χ2v) is 7.96. The number of aryl methyl sites for hydroxylation is 1. The Hall–Kier alpha value is -1.22. The van der Waals surface area contributed by atoms with Crippen LogP contribution in [0.25, 0.3) is 10.4 Å². The number of pyridine rings is 1. The van der Waals surface area contributed by atoms with E-state index in [2.05, 4.69) is 15.3 Å². The van der Waals surface area contributed by atoms with Crippen molar-refractivity contribution in [3.8, 4) is 10.4 Å². The normalized spacial score (nSPS) is 11.4. The molecule has 0 aliphatic carbocycles. The number of hydrogen-bond donors (Lipinski definition) is 1. The quantitative estimate of drug-likeness (QED) is 0.666. The summed E-state index contributed by atoms with van der Waals surface area (Å²) in [6.45, 7) is 3.11. The molecule has 0 aliphatic rings. The first-order valence-corrected chi connectivity index (χ1v) is 9.04. The van der Waals surface area contributed by atoms with Crippen molar-refractivity contribution in [1.82, 2.24) is 9.97 Å². The van der Waals surface area contributed by atoms with Crippen LogP contribution in [0.2, 0.25) is 5.15 Å². The Balaban J connectivity index is 2.53. The molecule has 0 saturated carbocycles. The van der Waals surface area contributed by atoms with Crippen LogP contribution < -0.4 is 5.32 Å². The van der Waals surface area contributed by atoms with Crippen LogP contribution in [-0.2, 0) is 13.8 Å². The number of halogens is 2. The molecule has 6 nitrogen and oxygen atoms in total. The highest BCUT2D eigenvalue weighted by Gasteiger charge is 2.19. The topological polar surface area (TPSA) is 89.0 Å². The third-order valence-corrected chi connectivity index (χ3v) is 5.28. The number of rotatable bonds is 3. The number of thiazole rings is 1. The maximum atomic E-state index is 11.4. The van der Waals surface area contributed by atoms with Crippen molar-refractivity contribution in [1.29, 1.82) is 0 Å². The van der Waals surface area contributed by atoms with E-state index in [1.165, 1.54) is 30.5 Å². The average molecular weight is 366 g/mol. The molecule has 0 unspecified atom stereocenters. The summed E-state index contributed by atoms with van der Waals surface area (Å²) in [6, 6.07) is 1.33. The number of nitrogens with zero attached hydrogens (tertiary/aromatic N) is 2. The maximum Gasteiger partial charge on any atom is 0.264 e. The van der Waals surface area contributed by atoms with Gasteiger partial charge in [0.25, 0.3) is 9.05 Å². The SMILES string of the molecule is CC(=O)Nc1nc(C)c(-c2cnc(Cl)c(S(=O)(=O)Cl)c2)s1. The van der Waals surface area contributed by atoms with E-state index in [4.69, 9.17) is 22.3 Å². The van der Waals surface area contributed by atoms with E-state index in [1.807, 2.05) is 0 Å². The van der Waals surface area contributed by atoms with Crippen LogP contribution >= 0.6 is 33.6 Å². The first-order valence-electron chi connectivity index (χ1n) is 5.54. The molecule has 1 amide bonds. The lowest BCUT2D eigenvalue weighted by molar-refractivity contribution is -0.114. The van der Waals surface area contributed by atoms with Crippen molar-refractivity contribution in [2.24, 2.45) is 0 Å². The Bertz CT molecular complexity index is 818. The largest absolute Gasteiger partial charge is 0.302 e. The number of aromatic nitrogens is 2. The highest BCUT2D eigenvalue weighted by molar-refractivity contribution is 8.13. The number of carbonyl (C=O) groups is 1. The van der Waals surface area contributed by atoms with Crippen LogP contribution in [0.3, 0.4) is 0 Å². The number of carbonyl (C=O) groups excluding carboxylic acids is 1. The number of anilines is 1. The van der Waals surface area contributed by atoms with Gasteiger partial charge in [-0.1, -0.05) is 22.9 Å². The molecule has 112 valence electrons. The lowest BCUT2D eigenvalue weighted by Crippen LogP contribution is -2.04. The monoisotopic (exact) mass is 365 g/mol. The lowest BCUT2D eigenvalue weighted by atomic mass is 10.2. The third-order valence-electron chi connectivity index (χ3n) is 2.41. The Morgan fingerprint density at radius 2 is 2.10 bits per heavy atom. The van der Waals surface area contributed by atoms with Crippen LogP contribution in [0, 0.1) is 6.92 Å². The molecule has 0 atom stereocenters. The highest BCUT2D eigenvalue weighted by Crippen LogP contribution is 2.35. The molecule has 0 saturated heterocycles. The predicted octanol–water partition coefficient (Wildman–Crippen LogP) is 3.05. The zero-order valence-electron chi connectivity index (χ0n) is 10.8. The first kappa shape index (κ1) is 16.2.